The average molecular weight is 303 g/mol. The first-order valence-electron chi connectivity index (χ1n) is 6.47. The van der Waals surface area contributed by atoms with Gasteiger partial charge in [-0.2, -0.15) is 0 Å². The number of halogens is 1. The standard InChI is InChI=1S/C14H23BrO2/c1-10(2)12-7-6-11(3)9-13(12)17-14(16)5-4-8-15/h4-5,10-13H,6-9H2,1-3H3/b5-4+/t11-,12+,13-/m1/s1. The summed E-state index contributed by atoms with van der Waals surface area (Å²) in [7, 11) is 0. The SMILES string of the molecule is CC(C)[C@@H]1CC[C@@H](C)C[C@H]1OC(=O)/C=C/CBr. The molecule has 1 rings (SSSR count). The molecule has 0 amide bonds. The van der Waals surface area contributed by atoms with Crippen molar-refractivity contribution < 1.29 is 9.53 Å². The molecule has 0 aliphatic heterocycles. The van der Waals surface area contributed by atoms with E-state index in [1.165, 1.54) is 18.9 Å². The highest BCUT2D eigenvalue weighted by molar-refractivity contribution is 9.09. The first-order chi connectivity index (χ1) is 8.04. The maximum atomic E-state index is 11.6. The number of carbonyl (C=O) groups excluding carboxylic acids is 1. The first-order valence-corrected chi connectivity index (χ1v) is 7.59. The van der Waals surface area contributed by atoms with Crippen LogP contribution in [0.5, 0.6) is 0 Å². The third-order valence-corrected chi connectivity index (χ3v) is 3.95. The van der Waals surface area contributed by atoms with Crippen LogP contribution < -0.4 is 0 Å². The summed E-state index contributed by atoms with van der Waals surface area (Å²) in [6, 6.07) is 0. The Hall–Kier alpha value is -0.310. The van der Waals surface area contributed by atoms with E-state index < -0.39 is 0 Å². The summed E-state index contributed by atoms with van der Waals surface area (Å²) in [5, 5.41) is 0.691. The van der Waals surface area contributed by atoms with Crippen molar-refractivity contribution in [3.63, 3.8) is 0 Å². The van der Waals surface area contributed by atoms with Gasteiger partial charge in [-0.1, -0.05) is 49.2 Å². The van der Waals surface area contributed by atoms with Crippen LogP contribution in [0.25, 0.3) is 0 Å². The molecule has 1 fully saturated rings. The quantitative estimate of drug-likeness (QED) is 0.447. The van der Waals surface area contributed by atoms with Gasteiger partial charge in [0, 0.05) is 11.4 Å². The van der Waals surface area contributed by atoms with Gasteiger partial charge in [0.1, 0.15) is 6.10 Å². The van der Waals surface area contributed by atoms with Crippen LogP contribution in [-0.2, 0) is 9.53 Å². The smallest absolute Gasteiger partial charge is 0.330 e. The van der Waals surface area contributed by atoms with E-state index in [1.54, 1.807) is 6.08 Å². The van der Waals surface area contributed by atoms with Crippen LogP contribution in [0, 0.1) is 17.8 Å². The second-order valence-electron chi connectivity index (χ2n) is 5.36. The summed E-state index contributed by atoms with van der Waals surface area (Å²) in [6.45, 7) is 6.68. The number of rotatable bonds is 4. The fraction of sp³-hybridized carbons (Fsp3) is 0.786. The molecule has 0 aromatic rings. The molecule has 17 heavy (non-hydrogen) atoms. The molecule has 2 nitrogen and oxygen atoms in total. The van der Waals surface area contributed by atoms with Crippen LogP contribution >= 0.6 is 15.9 Å². The molecule has 3 heteroatoms. The van der Waals surface area contributed by atoms with Gasteiger partial charge in [-0.05, 0) is 30.6 Å². The molecule has 1 saturated carbocycles. The van der Waals surface area contributed by atoms with Crippen LogP contribution in [0.2, 0.25) is 0 Å². The van der Waals surface area contributed by atoms with E-state index in [0.29, 0.717) is 23.1 Å². The predicted molar refractivity (Wildman–Crippen MR) is 74.2 cm³/mol. The second kappa shape index (κ2) is 7.20. The van der Waals surface area contributed by atoms with Gasteiger partial charge in [0.15, 0.2) is 0 Å². The molecule has 0 saturated heterocycles. The fourth-order valence-corrected chi connectivity index (χ4v) is 2.77. The lowest BCUT2D eigenvalue weighted by molar-refractivity contribution is -0.149. The zero-order valence-corrected chi connectivity index (χ0v) is 12.6. The Labute approximate surface area is 113 Å². The monoisotopic (exact) mass is 302 g/mol. The van der Waals surface area contributed by atoms with Crippen LogP contribution in [0.4, 0.5) is 0 Å². The van der Waals surface area contributed by atoms with Crippen molar-refractivity contribution >= 4 is 21.9 Å². The normalized spacial score (nSPS) is 29.8. The van der Waals surface area contributed by atoms with E-state index in [2.05, 4.69) is 36.7 Å². The van der Waals surface area contributed by atoms with Gasteiger partial charge in [-0.3, -0.25) is 0 Å². The molecular weight excluding hydrogens is 280 g/mol. The maximum Gasteiger partial charge on any atom is 0.330 e. The molecule has 0 bridgehead atoms. The number of esters is 1. The minimum absolute atomic E-state index is 0.103. The Bertz CT molecular complexity index is 273. The number of hydrogen-bond donors (Lipinski definition) is 0. The molecule has 0 aromatic carbocycles. The third kappa shape index (κ3) is 4.82. The van der Waals surface area contributed by atoms with Crippen molar-refractivity contribution in [1.29, 1.82) is 0 Å². The zero-order valence-electron chi connectivity index (χ0n) is 11.0. The van der Waals surface area contributed by atoms with Crippen molar-refractivity contribution in [2.24, 2.45) is 17.8 Å². The molecule has 0 spiro atoms. The van der Waals surface area contributed by atoms with Crippen LogP contribution in [0.15, 0.2) is 12.2 Å². The average Bonchev–Trinajstić information content (AvgIpc) is 2.26. The molecule has 1 aliphatic rings. The lowest BCUT2D eigenvalue weighted by Crippen LogP contribution is -2.35. The van der Waals surface area contributed by atoms with Crippen molar-refractivity contribution in [3.05, 3.63) is 12.2 Å². The van der Waals surface area contributed by atoms with E-state index in [0.717, 1.165) is 6.42 Å². The highest BCUT2D eigenvalue weighted by Gasteiger charge is 2.32. The lowest BCUT2D eigenvalue weighted by atomic mass is 9.75. The van der Waals surface area contributed by atoms with Gasteiger partial charge in [0.05, 0.1) is 0 Å². The van der Waals surface area contributed by atoms with Crippen LogP contribution in [0.3, 0.4) is 0 Å². The number of alkyl halides is 1. The molecule has 98 valence electrons. The highest BCUT2D eigenvalue weighted by atomic mass is 79.9. The van der Waals surface area contributed by atoms with Crippen molar-refractivity contribution in [1.82, 2.24) is 0 Å². The summed E-state index contributed by atoms with van der Waals surface area (Å²) in [5.74, 6) is 1.57. The Morgan fingerprint density at radius 1 is 1.47 bits per heavy atom. The molecule has 0 aromatic heterocycles. The predicted octanol–water partition coefficient (Wildman–Crippen LogP) is 3.94. The molecule has 0 radical (unpaired) electrons. The van der Waals surface area contributed by atoms with E-state index in [9.17, 15) is 4.79 Å². The highest BCUT2D eigenvalue weighted by Crippen LogP contribution is 2.35. The molecular formula is C14H23BrO2. The Morgan fingerprint density at radius 2 is 2.18 bits per heavy atom. The molecule has 0 unspecified atom stereocenters. The minimum atomic E-state index is -0.200. The van der Waals surface area contributed by atoms with E-state index in [-0.39, 0.29) is 12.1 Å². The topological polar surface area (TPSA) is 26.3 Å². The van der Waals surface area contributed by atoms with Gasteiger partial charge in [-0.15, -0.1) is 0 Å². The van der Waals surface area contributed by atoms with Gasteiger partial charge < -0.3 is 4.74 Å². The van der Waals surface area contributed by atoms with E-state index >= 15 is 0 Å². The van der Waals surface area contributed by atoms with Crippen LogP contribution in [0.1, 0.15) is 40.0 Å². The molecule has 0 heterocycles. The number of ether oxygens (including phenoxy) is 1. The fourth-order valence-electron chi connectivity index (χ4n) is 2.58. The lowest BCUT2D eigenvalue weighted by Gasteiger charge is -2.36. The van der Waals surface area contributed by atoms with Crippen LogP contribution in [-0.4, -0.2) is 17.4 Å². The Balaban J connectivity index is 2.57. The largest absolute Gasteiger partial charge is 0.459 e. The summed E-state index contributed by atoms with van der Waals surface area (Å²) in [4.78, 5) is 11.6. The number of hydrogen-bond acceptors (Lipinski definition) is 2. The maximum absolute atomic E-state index is 11.6. The van der Waals surface area contributed by atoms with Gasteiger partial charge in [0.2, 0.25) is 0 Å². The molecule has 0 N–H and O–H groups in total. The minimum Gasteiger partial charge on any atom is -0.459 e. The number of carbonyl (C=O) groups is 1. The summed E-state index contributed by atoms with van der Waals surface area (Å²) < 4.78 is 5.59. The summed E-state index contributed by atoms with van der Waals surface area (Å²) in [5.41, 5.74) is 0. The summed E-state index contributed by atoms with van der Waals surface area (Å²) >= 11 is 3.25. The van der Waals surface area contributed by atoms with Gasteiger partial charge >= 0.3 is 5.97 Å². The number of allylic oxidation sites excluding steroid dienone is 1. The van der Waals surface area contributed by atoms with Gasteiger partial charge in [0.25, 0.3) is 0 Å². The zero-order chi connectivity index (χ0) is 12.8. The molecule has 1 aliphatic carbocycles. The van der Waals surface area contributed by atoms with Crippen molar-refractivity contribution in [3.8, 4) is 0 Å². The van der Waals surface area contributed by atoms with Crippen molar-refractivity contribution in [2.75, 3.05) is 5.33 Å². The van der Waals surface area contributed by atoms with Crippen molar-refractivity contribution in [2.45, 2.75) is 46.1 Å². The van der Waals surface area contributed by atoms with E-state index in [4.69, 9.17) is 4.74 Å². The third-order valence-electron chi connectivity index (χ3n) is 3.57. The second-order valence-corrected chi connectivity index (χ2v) is 6.01. The van der Waals surface area contributed by atoms with Gasteiger partial charge in [-0.25, -0.2) is 4.79 Å². The first kappa shape index (κ1) is 14.7. The Kier molecular flexibility index (Phi) is 6.24. The summed E-state index contributed by atoms with van der Waals surface area (Å²) in [6.07, 6.45) is 6.85. The molecule has 3 atom stereocenters. The van der Waals surface area contributed by atoms with E-state index in [1.807, 2.05) is 0 Å². The Morgan fingerprint density at radius 3 is 2.76 bits per heavy atom.